The van der Waals surface area contributed by atoms with E-state index in [2.05, 4.69) is 27.0 Å². The lowest BCUT2D eigenvalue weighted by atomic mass is 10.1. The number of fused-ring (bicyclic) bond motifs is 1. The molecule has 3 aromatic rings. The van der Waals surface area contributed by atoms with Gasteiger partial charge in [0.2, 0.25) is 5.88 Å². The summed E-state index contributed by atoms with van der Waals surface area (Å²) in [5.74, 6) is 1.37. The number of rotatable bonds is 4. The van der Waals surface area contributed by atoms with Crippen LogP contribution in [0.1, 0.15) is 5.56 Å². The maximum Gasteiger partial charge on any atom is 0.223 e. The van der Waals surface area contributed by atoms with E-state index in [1.807, 2.05) is 48.5 Å². The first-order valence-corrected chi connectivity index (χ1v) is 7.58. The Morgan fingerprint density at radius 2 is 1.81 bits per heavy atom. The smallest absolute Gasteiger partial charge is 0.223 e. The first kappa shape index (κ1) is 14.0. The van der Waals surface area contributed by atoms with Crippen LogP contribution in [-0.4, -0.2) is 11.5 Å². The van der Waals surface area contributed by atoms with Gasteiger partial charge in [-0.25, -0.2) is 4.98 Å². The topological polar surface area (TPSA) is 48.1 Å². The summed E-state index contributed by atoms with van der Waals surface area (Å²) >= 11 is 3.49. The average Bonchev–Trinajstić information content (AvgIpc) is 2.50. The largest absolute Gasteiger partial charge is 0.438 e. The Bertz CT molecular complexity index is 774. The van der Waals surface area contributed by atoms with Crippen LogP contribution in [0.2, 0.25) is 0 Å². The third-order valence-corrected chi connectivity index (χ3v) is 3.88. The summed E-state index contributed by atoms with van der Waals surface area (Å²) in [4.78, 5) is 4.63. The second-order valence-corrected chi connectivity index (χ2v) is 5.57. The van der Waals surface area contributed by atoms with Crippen LogP contribution in [0.5, 0.6) is 11.6 Å². The van der Waals surface area contributed by atoms with Gasteiger partial charge in [-0.2, -0.15) is 0 Å². The van der Waals surface area contributed by atoms with E-state index in [1.54, 1.807) is 0 Å². The maximum atomic E-state index is 5.99. The fourth-order valence-corrected chi connectivity index (χ4v) is 2.56. The minimum atomic E-state index is 0.562. The number of pyridine rings is 1. The van der Waals surface area contributed by atoms with Crippen LogP contribution >= 0.6 is 15.9 Å². The number of nitrogens with two attached hydrogens (primary N) is 1. The first-order valence-electron chi connectivity index (χ1n) is 6.79. The Morgan fingerprint density at radius 3 is 2.62 bits per heavy atom. The van der Waals surface area contributed by atoms with E-state index in [9.17, 15) is 0 Å². The summed E-state index contributed by atoms with van der Waals surface area (Å²) in [5.41, 5.74) is 7.64. The highest BCUT2D eigenvalue weighted by atomic mass is 79.9. The van der Waals surface area contributed by atoms with Crippen LogP contribution in [0, 0.1) is 0 Å². The summed E-state index contributed by atoms with van der Waals surface area (Å²) < 4.78 is 6.89. The number of benzene rings is 2. The standard InChI is InChI=1S/C17H15BrN2O/c18-14-6-2-4-8-16(14)21-17-13(9-10-19)11-12-5-1-3-7-15(12)20-17/h1-8,11H,9-10,19H2. The Morgan fingerprint density at radius 1 is 1.05 bits per heavy atom. The minimum Gasteiger partial charge on any atom is -0.438 e. The molecule has 1 aromatic heterocycles. The number of aromatic nitrogens is 1. The molecule has 0 saturated carbocycles. The van der Waals surface area contributed by atoms with Crippen molar-refractivity contribution in [1.29, 1.82) is 0 Å². The van der Waals surface area contributed by atoms with E-state index in [4.69, 9.17) is 10.5 Å². The molecule has 3 rings (SSSR count). The molecule has 0 saturated heterocycles. The first-order chi connectivity index (χ1) is 10.3. The normalized spacial score (nSPS) is 10.8. The molecule has 0 radical (unpaired) electrons. The molecule has 0 spiro atoms. The van der Waals surface area contributed by atoms with Crippen LogP contribution in [0.15, 0.2) is 59.1 Å². The summed E-state index contributed by atoms with van der Waals surface area (Å²) in [6, 6.07) is 17.8. The van der Waals surface area contributed by atoms with Crippen LogP contribution < -0.4 is 10.5 Å². The van der Waals surface area contributed by atoms with Crippen molar-refractivity contribution in [3.8, 4) is 11.6 Å². The summed E-state index contributed by atoms with van der Waals surface area (Å²) in [6.07, 6.45) is 0.734. The van der Waals surface area contributed by atoms with E-state index in [-0.39, 0.29) is 0 Å². The molecule has 0 amide bonds. The molecule has 2 aromatic carbocycles. The molecule has 0 aliphatic carbocycles. The summed E-state index contributed by atoms with van der Waals surface area (Å²) in [5, 5.41) is 1.10. The van der Waals surface area contributed by atoms with Gasteiger partial charge in [0.15, 0.2) is 0 Å². The van der Waals surface area contributed by atoms with E-state index in [1.165, 1.54) is 0 Å². The molecule has 4 heteroatoms. The van der Waals surface area contributed by atoms with Gasteiger partial charge >= 0.3 is 0 Å². The van der Waals surface area contributed by atoms with Crippen molar-refractivity contribution in [2.75, 3.05) is 6.54 Å². The second-order valence-electron chi connectivity index (χ2n) is 4.72. The highest BCUT2D eigenvalue weighted by molar-refractivity contribution is 9.10. The third kappa shape index (κ3) is 3.06. The Labute approximate surface area is 131 Å². The monoisotopic (exact) mass is 342 g/mol. The molecule has 3 nitrogen and oxygen atoms in total. The Hall–Kier alpha value is -1.91. The van der Waals surface area contributed by atoms with E-state index in [0.717, 1.165) is 33.1 Å². The predicted octanol–water partition coefficient (Wildman–Crippen LogP) is 4.29. The van der Waals surface area contributed by atoms with E-state index < -0.39 is 0 Å². The lowest BCUT2D eigenvalue weighted by Crippen LogP contribution is -2.05. The minimum absolute atomic E-state index is 0.562. The van der Waals surface area contributed by atoms with E-state index >= 15 is 0 Å². The molecule has 2 N–H and O–H groups in total. The highest BCUT2D eigenvalue weighted by Crippen LogP contribution is 2.31. The summed E-state index contributed by atoms with van der Waals surface area (Å²) in [7, 11) is 0. The van der Waals surface area contributed by atoms with Crippen LogP contribution in [-0.2, 0) is 6.42 Å². The SMILES string of the molecule is NCCc1cc2ccccc2nc1Oc1ccccc1Br. The van der Waals surface area contributed by atoms with Crippen molar-refractivity contribution in [2.45, 2.75) is 6.42 Å². The molecule has 0 unspecified atom stereocenters. The number of halogens is 1. The van der Waals surface area contributed by atoms with Crippen molar-refractivity contribution in [1.82, 2.24) is 4.98 Å². The van der Waals surface area contributed by atoms with Crippen molar-refractivity contribution >= 4 is 26.8 Å². The van der Waals surface area contributed by atoms with Gasteiger partial charge in [-0.05, 0) is 53.2 Å². The van der Waals surface area contributed by atoms with Gasteiger partial charge in [0.1, 0.15) is 5.75 Å². The van der Waals surface area contributed by atoms with Gasteiger partial charge in [0, 0.05) is 10.9 Å². The molecule has 106 valence electrons. The summed E-state index contributed by atoms with van der Waals surface area (Å²) in [6.45, 7) is 0.562. The molecule has 0 atom stereocenters. The third-order valence-electron chi connectivity index (χ3n) is 3.22. The fourth-order valence-electron chi connectivity index (χ4n) is 2.20. The van der Waals surface area contributed by atoms with Crippen LogP contribution in [0.3, 0.4) is 0 Å². The fraction of sp³-hybridized carbons (Fsp3) is 0.118. The Kier molecular flexibility index (Phi) is 4.18. The van der Waals surface area contributed by atoms with Crippen LogP contribution in [0.25, 0.3) is 10.9 Å². The number of ether oxygens (including phenoxy) is 1. The van der Waals surface area contributed by atoms with Crippen molar-refractivity contribution in [3.05, 3.63) is 64.6 Å². The molecule has 0 fully saturated rings. The second kappa shape index (κ2) is 6.24. The zero-order valence-corrected chi connectivity index (χ0v) is 13.0. The quantitative estimate of drug-likeness (QED) is 0.769. The van der Waals surface area contributed by atoms with Gasteiger partial charge in [-0.3, -0.25) is 0 Å². The van der Waals surface area contributed by atoms with Crippen molar-refractivity contribution < 1.29 is 4.74 Å². The lowest BCUT2D eigenvalue weighted by Gasteiger charge is -2.12. The molecule has 0 aliphatic heterocycles. The zero-order valence-electron chi connectivity index (χ0n) is 11.4. The van der Waals surface area contributed by atoms with Crippen molar-refractivity contribution in [2.24, 2.45) is 5.73 Å². The van der Waals surface area contributed by atoms with Gasteiger partial charge < -0.3 is 10.5 Å². The van der Waals surface area contributed by atoms with E-state index in [0.29, 0.717) is 12.4 Å². The Balaban J connectivity index is 2.07. The zero-order chi connectivity index (χ0) is 14.7. The molecule has 0 aliphatic rings. The number of nitrogens with zero attached hydrogens (tertiary/aromatic N) is 1. The molecular weight excluding hydrogens is 328 g/mol. The number of hydrogen-bond acceptors (Lipinski definition) is 3. The average molecular weight is 343 g/mol. The number of hydrogen-bond donors (Lipinski definition) is 1. The number of para-hydroxylation sites is 2. The van der Waals surface area contributed by atoms with Crippen molar-refractivity contribution in [3.63, 3.8) is 0 Å². The van der Waals surface area contributed by atoms with Gasteiger partial charge in [0.05, 0.1) is 9.99 Å². The van der Waals surface area contributed by atoms with Gasteiger partial charge in [-0.1, -0.05) is 30.3 Å². The molecular formula is C17H15BrN2O. The molecule has 0 bridgehead atoms. The van der Waals surface area contributed by atoms with Crippen LogP contribution in [0.4, 0.5) is 0 Å². The lowest BCUT2D eigenvalue weighted by molar-refractivity contribution is 0.455. The van der Waals surface area contributed by atoms with Gasteiger partial charge in [-0.15, -0.1) is 0 Å². The molecule has 1 heterocycles. The highest BCUT2D eigenvalue weighted by Gasteiger charge is 2.10. The van der Waals surface area contributed by atoms with Gasteiger partial charge in [0.25, 0.3) is 0 Å². The predicted molar refractivity (Wildman–Crippen MR) is 88.7 cm³/mol. The maximum absolute atomic E-state index is 5.99. The molecule has 21 heavy (non-hydrogen) atoms.